The average Bonchev–Trinajstić information content (AvgIpc) is 3.55. The van der Waals surface area contributed by atoms with Crippen molar-refractivity contribution in [2.45, 2.75) is 29.3 Å². The van der Waals surface area contributed by atoms with Crippen LogP contribution < -0.4 is 5.43 Å². The molecule has 0 saturated carbocycles. The topological polar surface area (TPSA) is 129 Å². The molecule has 0 bridgehead atoms. The fraction of sp³-hybridized carbons (Fsp3) is 0.143. The van der Waals surface area contributed by atoms with Gasteiger partial charge in [0, 0.05) is 22.6 Å². The highest BCUT2D eigenvalue weighted by Crippen LogP contribution is 2.23. The molecule has 254 valence electrons. The molecule has 0 unspecified atom stereocenters. The number of hydrogen-bond donors (Lipinski definition) is 1. The number of carbonyl (C=O) groups excluding carboxylic acids is 1. The van der Waals surface area contributed by atoms with Gasteiger partial charge in [0.2, 0.25) is 20.0 Å². The Labute approximate surface area is 299 Å². The molecule has 49 heavy (non-hydrogen) atoms. The lowest BCUT2D eigenvalue weighted by atomic mass is 10.1. The van der Waals surface area contributed by atoms with Gasteiger partial charge in [-0.2, -0.15) is 13.7 Å². The van der Waals surface area contributed by atoms with Gasteiger partial charge in [0.25, 0.3) is 5.91 Å². The summed E-state index contributed by atoms with van der Waals surface area (Å²) in [5.41, 5.74) is 4.03. The van der Waals surface area contributed by atoms with Crippen LogP contribution in [0.15, 0.2) is 145 Å². The Kier molecular flexibility index (Phi) is 12.2. The Morgan fingerprint density at radius 2 is 1.35 bits per heavy atom. The maximum atomic E-state index is 13.6. The van der Waals surface area contributed by atoms with E-state index in [-0.39, 0.29) is 35.2 Å². The van der Waals surface area contributed by atoms with Gasteiger partial charge >= 0.3 is 0 Å². The largest absolute Gasteiger partial charge is 0.459 e. The quantitative estimate of drug-likeness (QED) is 0.0958. The SMILES string of the molecule is O=C(CN(CCc1ccccc1)S(=O)(=O)c1ccc(Br)cc1)N/N=C\c1ccc(CN(Cc2ccc(Cl)cc2)S(=O)(=O)c2ccccc2)o1. The van der Waals surface area contributed by atoms with Crippen molar-refractivity contribution < 1.29 is 26.0 Å². The van der Waals surface area contributed by atoms with Crippen molar-refractivity contribution in [3.63, 3.8) is 0 Å². The number of hydrazone groups is 1. The van der Waals surface area contributed by atoms with Crippen LogP contribution >= 0.6 is 27.5 Å². The van der Waals surface area contributed by atoms with Crippen molar-refractivity contribution in [1.29, 1.82) is 0 Å². The van der Waals surface area contributed by atoms with E-state index in [0.29, 0.717) is 17.2 Å². The van der Waals surface area contributed by atoms with Gasteiger partial charge in [0.05, 0.1) is 29.1 Å². The molecule has 10 nitrogen and oxygen atoms in total. The van der Waals surface area contributed by atoms with Gasteiger partial charge < -0.3 is 4.42 Å². The number of halogens is 2. The Bertz CT molecular complexity index is 2100. The van der Waals surface area contributed by atoms with E-state index in [4.69, 9.17) is 16.0 Å². The highest BCUT2D eigenvalue weighted by Gasteiger charge is 2.27. The summed E-state index contributed by atoms with van der Waals surface area (Å²) in [6.07, 6.45) is 1.66. The van der Waals surface area contributed by atoms with Crippen LogP contribution in [0.2, 0.25) is 5.02 Å². The molecule has 0 aliphatic rings. The van der Waals surface area contributed by atoms with Crippen molar-refractivity contribution in [2.75, 3.05) is 13.1 Å². The second kappa shape index (κ2) is 16.5. The predicted octanol–water partition coefficient (Wildman–Crippen LogP) is 6.47. The van der Waals surface area contributed by atoms with Crippen LogP contribution in [-0.2, 0) is 44.4 Å². The smallest absolute Gasteiger partial charge is 0.255 e. The standard InChI is InChI=1S/C35H32BrClN4O6S2/c36-29-13-19-34(20-14-29)48(43,44)40(22-21-27-7-3-1-4-8-27)26-35(42)39-38-23-31-17-18-32(47-31)25-41(24-28-11-15-30(37)16-12-28)49(45,46)33-9-5-2-6-10-33/h1-20,23H,21-22,24-26H2,(H,39,42)/b38-23-. The number of carbonyl (C=O) groups is 1. The van der Waals surface area contributed by atoms with Crippen LogP contribution in [0.1, 0.15) is 22.6 Å². The lowest BCUT2D eigenvalue weighted by Gasteiger charge is -2.21. The molecule has 4 aromatic carbocycles. The number of nitrogens with zero attached hydrogens (tertiary/aromatic N) is 3. The summed E-state index contributed by atoms with van der Waals surface area (Å²) in [6, 6.07) is 33.8. The van der Waals surface area contributed by atoms with Crippen molar-refractivity contribution in [1.82, 2.24) is 14.0 Å². The van der Waals surface area contributed by atoms with Crippen LogP contribution in [-0.4, -0.2) is 50.7 Å². The Balaban J connectivity index is 1.26. The first-order valence-electron chi connectivity index (χ1n) is 15.0. The van der Waals surface area contributed by atoms with E-state index in [1.165, 1.54) is 34.8 Å². The summed E-state index contributed by atoms with van der Waals surface area (Å²) in [4.78, 5) is 13.1. The van der Waals surface area contributed by atoms with Crippen molar-refractivity contribution in [2.24, 2.45) is 5.10 Å². The molecule has 1 heterocycles. The van der Waals surface area contributed by atoms with Crippen molar-refractivity contribution >= 4 is 59.7 Å². The van der Waals surface area contributed by atoms with Gasteiger partial charge in [-0.25, -0.2) is 22.3 Å². The van der Waals surface area contributed by atoms with E-state index in [1.54, 1.807) is 66.7 Å². The van der Waals surface area contributed by atoms with Gasteiger partial charge in [0.1, 0.15) is 11.5 Å². The number of amides is 1. The van der Waals surface area contributed by atoms with Gasteiger partial charge in [0.15, 0.2) is 0 Å². The first kappa shape index (κ1) is 36.2. The van der Waals surface area contributed by atoms with E-state index in [1.807, 2.05) is 30.3 Å². The zero-order valence-corrected chi connectivity index (χ0v) is 30.0. The van der Waals surface area contributed by atoms with Crippen LogP contribution in [0.3, 0.4) is 0 Å². The number of benzene rings is 4. The van der Waals surface area contributed by atoms with Gasteiger partial charge in [-0.1, -0.05) is 88.2 Å². The van der Waals surface area contributed by atoms with E-state index in [9.17, 15) is 21.6 Å². The lowest BCUT2D eigenvalue weighted by Crippen LogP contribution is -2.40. The normalized spacial score (nSPS) is 12.2. The maximum Gasteiger partial charge on any atom is 0.255 e. The molecule has 0 saturated heterocycles. The Morgan fingerprint density at radius 1 is 0.735 bits per heavy atom. The first-order chi connectivity index (χ1) is 23.5. The molecule has 1 aromatic heterocycles. The van der Waals surface area contributed by atoms with E-state index in [0.717, 1.165) is 19.9 Å². The Hall–Kier alpha value is -4.11. The Morgan fingerprint density at radius 3 is 2.02 bits per heavy atom. The number of rotatable bonds is 15. The van der Waals surface area contributed by atoms with Crippen molar-refractivity contribution in [3.05, 3.63) is 153 Å². The summed E-state index contributed by atoms with van der Waals surface area (Å²) in [5.74, 6) is -0.0592. The molecule has 0 spiro atoms. The summed E-state index contributed by atoms with van der Waals surface area (Å²) < 4.78 is 63.2. The molecule has 0 atom stereocenters. The molecular formula is C35H32BrClN4O6S2. The van der Waals surface area contributed by atoms with Gasteiger partial charge in [-0.05, 0) is 78.2 Å². The molecule has 0 fully saturated rings. The fourth-order valence-electron chi connectivity index (χ4n) is 4.79. The van der Waals surface area contributed by atoms with Gasteiger partial charge in [-0.15, -0.1) is 0 Å². The van der Waals surface area contributed by atoms with Crippen LogP contribution in [0.5, 0.6) is 0 Å². The highest BCUT2D eigenvalue weighted by molar-refractivity contribution is 9.10. The molecule has 0 aliphatic heterocycles. The number of furan rings is 1. The third kappa shape index (κ3) is 9.97. The highest BCUT2D eigenvalue weighted by atomic mass is 79.9. The van der Waals surface area contributed by atoms with E-state index >= 15 is 0 Å². The minimum Gasteiger partial charge on any atom is -0.459 e. The maximum absolute atomic E-state index is 13.6. The third-order valence-corrected chi connectivity index (χ3v) is 11.8. The average molecular weight is 784 g/mol. The lowest BCUT2D eigenvalue weighted by molar-refractivity contribution is -0.121. The molecule has 14 heteroatoms. The number of nitrogens with one attached hydrogen (secondary N) is 1. The molecule has 1 amide bonds. The minimum atomic E-state index is -4.00. The monoisotopic (exact) mass is 782 g/mol. The molecule has 1 N–H and O–H groups in total. The zero-order chi connectivity index (χ0) is 34.9. The second-order valence-electron chi connectivity index (χ2n) is 10.8. The zero-order valence-electron chi connectivity index (χ0n) is 26.0. The van der Waals surface area contributed by atoms with Crippen LogP contribution in [0.4, 0.5) is 0 Å². The van der Waals surface area contributed by atoms with Gasteiger partial charge in [-0.3, -0.25) is 4.79 Å². The number of sulfonamides is 2. The molecule has 5 aromatic rings. The first-order valence-corrected chi connectivity index (χ1v) is 19.1. The van der Waals surface area contributed by atoms with Crippen LogP contribution in [0, 0.1) is 0 Å². The summed E-state index contributed by atoms with van der Waals surface area (Å²) in [6.45, 7) is -0.411. The summed E-state index contributed by atoms with van der Waals surface area (Å²) in [7, 11) is -7.91. The van der Waals surface area contributed by atoms with E-state index in [2.05, 4.69) is 26.5 Å². The van der Waals surface area contributed by atoms with Crippen LogP contribution in [0.25, 0.3) is 0 Å². The molecule has 0 radical (unpaired) electrons. The summed E-state index contributed by atoms with van der Waals surface area (Å²) in [5, 5.41) is 4.49. The molecular weight excluding hydrogens is 752 g/mol. The summed E-state index contributed by atoms with van der Waals surface area (Å²) >= 11 is 9.34. The predicted molar refractivity (Wildman–Crippen MR) is 192 cm³/mol. The third-order valence-electron chi connectivity index (χ3n) is 7.31. The molecule has 5 rings (SSSR count). The van der Waals surface area contributed by atoms with E-state index < -0.39 is 32.5 Å². The molecule has 0 aliphatic carbocycles. The second-order valence-corrected chi connectivity index (χ2v) is 16.1. The minimum absolute atomic E-state index is 0.0579. The fourth-order valence-corrected chi connectivity index (χ4v) is 7.99. The number of hydrogen-bond acceptors (Lipinski definition) is 7. The van der Waals surface area contributed by atoms with Crippen molar-refractivity contribution in [3.8, 4) is 0 Å².